The number of halogens is 1. The average Bonchev–Trinajstić information content (AvgIpc) is 3.78. The van der Waals surface area contributed by atoms with Crippen molar-refractivity contribution in [1.29, 1.82) is 0 Å². The minimum Gasteiger partial charge on any atom is -0.508 e. The standard InChI is InChI=1S/C54H59FN6OS/c1-33-35(3)63-53-49(33)51(56-34(2)52-58-57-36(4)61(52)53)42-11-16-45(17-12-42)60-31-54(32-60)25-21-37(22-26-54)30-59-27-23-39(24-28-59)38-5-7-41(8-6-38)50-47(40-9-14-44(55)15-10-40)19-13-43-29-46(62)18-20-48(43)50/h5-12,14-18,20,29,34,37,39,47,50,62H,13,19,21-28,30-32H2,1-4H3/t34-,47+,50-/m0/s1. The molecule has 63 heavy (non-hydrogen) atoms. The van der Waals surface area contributed by atoms with Gasteiger partial charge in [0, 0.05) is 52.7 Å². The molecule has 0 amide bonds. The summed E-state index contributed by atoms with van der Waals surface area (Å²) in [6, 6.07) is 31.6. The zero-order valence-corrected chi connectivity index (χ0v) is 38.0. The van der Waals surface area contributed by atoms with Gasteiger partial charge in [-0.2, -0.15) is 0 Å². The summed E-state index contributed by atoms with van der Waals surface area (Å²) >= 11 is 1.82. The molecule has 5 aliphatic rings. The Bertz CT molecular complexity index is 2660. The van der Waals surface area contributed by atoms with Gasteiger partial charge >= 0.3 is 0 Å². The Morgan fingerprint density at radius 1 is 0.794 bits per heavy atom. The van der Waals surface area contributed by atoms with Crippen molar-refractivity contribution in [2.45, 2.75) is 103 Å². The first-order valence-electron chi connectivity index (χ1n) is 23.4. The molecule has 4 aromatic carbocycles. The molecule has 3 atom stereocenters. The zero-order chi connectivity index (χ0) is 43.0. The largest absolute Gasteiger partial charge is 0.508 e. The lowest BCUT2D eigenvalue weighted by Gasteiger charge is -2.55. The van der Waals surface area contributed by atoms with E-state index in [0.717, 1.165) is 36.1 Å². The van der Waals surface area contributed by atoms with Gasteiger partial charge in [0.2, 0.25) is 0 Å². The highest BCUT2D eigenvalue weighted by Crippen LogP contribution is 2.49. The van der Waals surface area contributed by atoms with Gasteiger partial charge in [-0.3, -0.25) is 9.56 Å². The number of aryl methyl sites for hydroxylation is 3. The van der Waals surface area contributed by atoms with Gasteiger partial charge in [-0.05, 0) is 180 Å². The van der Waals surface area contributed by atoms with Crippen LogP contribution in [0.1, 0.15) is 137 Å². The van der Waals surface area contributed by atoms with E-state index in [1.807, 2.05) is 42.5 Å². The van der Waals surface area contributed by atoms with Crippen LogP contribution in [0.2, 0.25) is 0 Å². The first kappa shape index (κ1) is 40.6. The maximum atomic E-state index is 13.9. The van der Waals surface area contributed by atoms with E-state index >= 15 is 0 Å². The number of hydrogen-bond acceptors (Lipinski definition) is 7. The molecule has 0 unspecified atom stereocenters. The van der Waals surface area contributed by atoms with Crippen LogP contribution in [0, 0.1) is 37.9 Å². The quantitative estimate of drug-likeness (QED) is 0.173. The van der Waals surface area contributed by atoms with Gasteiger partial charge in [0.1, 0.15) is 28.4 Å². The van der Waals surface area contributed by atoms with Gasteiger partial charge in [0.05, 0.1) is 5.71 Å². The number of aliphatic imine (C=N–C) groups is 1. The number of phenols is 1. The van der Waals surface area contributed by atoms with Crippen LogP contribution in [0.15, 0.2) is 96.0 Å². The SMILES string of the molecule is Cc1sc2c(c1C)C(c1ccc(N3CC4(CCC(CN5CCC(c6ccc([C@@H]7c8ccc(O)cc8CC[C@@H]7c7ccc(F)cc7)cc6)CC5)CC4)C3)cc1)=N[C@@H](C)c1nnc(C)n1-2. The van der Waals surface area contributed by atoms with E-state index in [2.05, 4.69) is 99.9 Å². The molecule has 0 bridgehead atoms. The summed E-state index contributed by atoms with van der Waals surface area (Å²) in [5, 5.41) is 20.4. The summed E-state index contributed by atoms with van der Waals surface area (Å²) < 4.78 is 16.1. The van der Waals surface area contributed by atoms with Crippen molar-refractivity contribution in [2.24, 2.45) is 16.3 Å². The molecule has 6 aromatic rings. The van der Waals surface area contributed by atoms with E-state index in [9.17, 15) is 9.50 Å². The number of piperidine rings is 1. The van der Waals surface area contributed by atoms with Gasteiger partial charge in [-0.25, -0.2) is 4.39 Å². The molecule has 11 rings (SSSR count). The number of thiophene rings is 1. The van der Waals surface area contributed by atoms with Crippen LogP contribution in [-0.4, -0.2) is 63.2 Å². The van der Waals surface area contributed by atoms with Gasteiger partial charge < -0.3 is 14.9 Å². The molecule has 0 radical (unpaired) electrons. The third-order valence-electron chi connectivity index (χ3n) is 15.8. The second kappa shape index (κ2) is 16.1. The molecule has 2 saturated heterocycles. The number of rotatable bonds is 7. The van der Waals surface area contributed by atoms with E-state index in [0.29, 0.717) is 17.1 Å². The van der Waals surface area contributed by atoms with Crippen LogP contribution >= 0.6 is 11.3 Å². The molecular formula is C54H59FN6OS. The fourth-order valence-electron chi connectivity index (χ4n) is 12.1. The molecule has 1 spiro atoms. The molecule has 7 nitrogen and oxygen atoms in total. The van der Waals surface area contributed by atoms with Crippen molar-refractivity contribution in [3.8, 4) is 10.8 Å². The van der Waals surface area contributed by atoms with Gasteiger partial charge in [0.25, 0.3) is 0 Å². The lowest BCUT2D eigenvalue weighted by atomic mass is 9.65. The Hall–Kier alpha value is -5.12. The molecule has 2 aliphatic carbocycles. The molecule has 1 N–H and O–H groups in total. The van der Waals surface area contributed by atoms with Crippen LogP contribution in [0.5, 0.6) is 5.75 Å². The maximum Gasteiger partial charge on any atom is 0.162 e. The highest BCUT2D eigenvalue weighted by atomic mass is 32.1. The second-order valence-electron chi connectivity index (χ2n) is 19.7. The topological polar surface area (TPSA) is 69.8 Å². The van der Waals surface area contributed by atoms with Crippen molar-refractivity contribution in [2.75, 3.05) is 37.6 Å². The number of phenolic OH excluding ortho intramolecular Hbond substituents is 1. The number of aromatic hydroxyl groups is 1. The van der Waals surface area contributed by atoms with Crippen molar-refractivity contribution in [3.63, 3.8) is 0 Å². The number of fused-ring (bicyclic) bond motifs is 4. The zero-order valence-electron chi connectivity index (χ0n) is 37.2. The molecule has 5 heterocycles. The molecule has 2 aromatic heterocycles. The smallest absolute Gasteiger partial charge is 0.162 e. The van der Waals surface area contributed by atoms with Crippen molar-refractivity contribution in [1.82, 2.24) is 19.7 Å². The third kappa shape index (κ3) is 7.43. The summed E-state index contributed by atoms with van der Waals surface area (Å²) in [6.07, 6.45) is 9.72. The number of aromatic nitrogens is 3. The molecule has 1 saturated carbocycles. The minimum absolute atomic E-state index is 0.0725. The molecule has 3 aliphatic heterocycles. The number of nitrogens with zero attached hydrogens (tertiary/aromatic N) is 6. The summed E-state index contributed by atoms with van der Waals surface area (Å²) in [4.78, 5) is 11.9. The number of benzene rings is 4. The summed E-state index contributed by atoms with van der Waals surface area (Å²) in [6.45, 7) is 14.6. The molecule has 9 heteroatoms. The van der Waals surface area contributed by atoms with Crippen molar-refractivity contribution >= 4 is 22.7 Å². The van der Waals surface area contributed by atoms with Crippen LogP contribution in [0.3, 0.4) is 0 Å². The summed E-state index contributed by atoms with van der Waals surface area (Å²) in [5.41, 5.74) is 13.0. The molecule has 3 fully saturated rings. The van der Waals surface area contributed by atoms with Crippen molar-refractivity contribution in [3.05, 3.63) is 158 Å². The monoisotopic (exact) mass is 858 g/mol. The Kier molecular flexibility index (Phi) is 10.4. The predicted octanol–water partition coefficient (Wildman–Crippen LogP) is 11.7. The predicted molar refractivity (Wildman–Crippen MR) is 253 cm³/mol. The lowest BCUT2D eigenvalue weighted by molar-refractivity contribution is 0.0840. The lowest BCUT2D eigenvalue weighted by Crippen LogP contribution is -2.58. The Balaban J connectivity index is 0.679. The average molecular weight is 859 g/mol. The van der Waals surface area contributed by atoms with Crippen LogP contribution < -0.4 is 4.90 Å². The normalized spacial score (nSPS) is 22.5. The van der Waals surface area contributed by atoms with Crippen LogP contribution in [0.4, 0.5) is 10.1 Å². The van der Waals surface area contributed by atoms with E-state index in [1.165, 1.54) is 131 Å². The second-order valence-corrected chi connectivity index (χ2v) is 20.9. The Labute approximate surface area is 375 Å². The molecule has 324 valence electrons. The van der Waals surface area contributed by atoms with Crippen LogP contribution in [0.25, 0.3) is 5.00 Å². The highest BCUT2D eigenvalue weighted by molar-refractivity contribution is 7.15. The van der Waals surface area contributed by atoms with E-state index < -0.39 is 0 Å². The highest BCUT2D eigenvalue weighted by Gasteiger charge is 2.45. The number of anilines is 1. The van der Waals surface area contributed by atoms with Gasteiger partial charge in [-0.15, -0.1) is 21.5 Å². The Morgan fingerprint density at radius 2 is 1.49 bits per heavy atom. The molecular weight excluding hydrogens is 800 g/mol. The number of likely N-dealkylation sites (tertiary alicyclic amines) is 1. The van der Waals surface area contributed by atoms with E-state index in [4.69, 9.17) is 4.99 Å². The van der Waals surface area contributed by atoms with Gasteiger partial charge in [-0.1, -0.05) is 54.6 Å². The fraction of sp³-hybridized carbons (Fsp3) is 0.426. The fourth-order valence-corrected chi connectivity index (χ4v) is 13.3. The van der Waals surface area contributed by atoms with E-state index in [1.54, 1.807) is 12.1 Å². The van der Waals surface area contributed by atoms with Gasteiger partial charge in [0.15, 0.2) is 5.82 Å². The summed E-state index contributed by atoms with van der Waals surface area (Å²) in [5.74, 6) is 3.81. The maximum absolute atomic E-state index is 13.9. The Morgan fingerprint density at radius 3 is 2.22 bits per heavy atom. The third-order valence-corrected chi connectivity index (χ3v) is 17.0. The van der Waals surface area contributed by atoms with Crippen molar-refractivity contribution < 1.29 is 9.50 Å². The summed E-state index contributed by atoms with van der Waals surface area (Å²) in [7, 11) is 0. The van der Waals surface area contributed by atoms with Crippen LogP contribution in [-0.2, 0) is 6.42 Å². The number of hydrogen-bond donors (Lipinski definition) is 1. The minimum atomic E-state index is -0.193. The first-order chi connectivity index (χ1) is 30.6. The van der Waals surface area contributed by atoms with E-state index in [-0.39, 0.29) is 23.7 Å². The first-order valence-corrected chi connectivity index (χ1v) is 24.3.